The molecule has 86 valence electrons. The Morgan fingerprint density at radius 2 is 2.40 bits per heavy atom. The minimum atomic E-state index is -0.247. The molecule has 5 nitrogen and oxygen atoms in total. The third kappa shape index (κ3) is 3.89. The Bertz CT molecular complexity index is 288. The highest BCUT2D eigenvalue weighted by Gasteiger charge is 2.16. The van der Waals surface area contributed by atoms with Crippen LogP contribution in [-0.4, -0.2) is 23.0 Å². The Kier molecular flexibility index (Phi) is 5.96. The summed E-state index contributed by atoms with van der Waals surface area (Å²) in [6, 6.07) is -0.102. The van der Waals surface area contributed by atoms with Gasteiger partial charge in [-0.05, 0) is 13.3 Å². The predicted octanol–water partition coefficient (Wildman–Crippen LogP) is 0.952. The van der Waals surface area contributed by atoms with Crippen LogP contribution in [0.4, 0.5) is 0 Å². The zero-order valence-electron chi connectivity index (χ0n) is 8.77. The average Bonchev–Trinajstić information content (AvgIpc) is 2.65. The zero-order valence-corrected chi connectivity index (χ0v) is 9.58. The summed E-state index contributed by atoms with van der Waals surface area (Å²) in [7, 11) is 0. The SMILES string of the molecule is CC[C@@H](NC(=O)c1cocn1)[C@@H](C)N.Cl. The van der Waals surface area contributed by atoms with E-state index in [1.54, 1.807) is 0 Å². The summed E-state index contributed by atoms with van der Waals surface area (Å²) in [6.45, 7) is 3.83. The van der Waals surface area contributed by atoms with Crippen molar-refractivity contribution in [3.8, 4) is 0 Å². The van der Waals surface area contributed by atoms with Crippen LogP contribution < -0.4 is 11.1 Å². The molecule has 0 radical (unpaired) electrons. The van der Waals surface area contributed by atoms with Gasteiger partial charge in [0.1, 0.15) is 6.26 Å². The maximum Gasteiger partial charge on any atom is 0.273 e. The van der Waals surface area contributed by atoms with Crippen molar-refractivity contribution < 1.29 is 9.21 Å². The fourth-order valence-corrected chi connectivity index (χ4v) is 1.17. The highest BCUT2D eigenvalue weighted by atomic mass is 35.5. The van der Waals surface area contributed by atoms with Crippen LogP contribution in [0.1, 0.15) is 30.8 Å². The van der Waals surface area contributed by atoms with Crippen LogP contribution in [0.2, 0.25) is 0 Å². The van der Waals surface area contributed by atoms with Crippen LogP contribution in [0.3, 0.4) is 0 Å². The molecular weight excluding hydrogens is 218 g/mol. The van der Waals surface area contributed by atoms with Gasteiger partial charge in [-0.3, -0.25) is 4.79 Å². The summed E-state index contributed by atoms with van der Waals surface area (Å²) < 4.78 is 4.71. The van der Waals surface area contributed by atoms with Gasteiger partial charge in [0, 0.05) is 12.1 Å². The molecule has 6 heteroatoms. The molecule has 0 fully saturated rings. The van der Waals surface area contributed by atoms with E-state index in [1.165, 1.54) is 12.7 Å². The Balaban J connectivity index is 0.00000196. The third-order valence-corrected chi connectivity index (χ3v) is 2.06. The predicted molar refractivity (Wildman–Crippen MR) is 58.9 cm³/mol. The maximum atomic E-state index is 11.5. The molecule has 1 heterocycles. The van der Waals surface area contributed by atoms with Crippen LogP contribution in [0.5, 0.6) is 0 Å². The van der Waals surface area contributed by atoms with Crippen LogP contribution in [0, 0.1) is 0 Å². The molecule has 0 unspecified atom stereocenters. The van der Waals surface area contributed by atoms with Gasteiger partial charge in [0.15, 0.2) is 12.1 Å². The van der Waals surface area contributed by atoms with Crippen molar-refractivity contribution in [2.45, 2.75) is 32.4 Å². The maximum absolute atomic E-state index is 11.5. The van der Waals surface area contributed by atoms with E-state index < -0.39 is 0 Å². The lowest BCUT2D eigenvalue weighted by atomic mass is 10.1. The molecule has 0 bridgehead atoms. The monoisotopic (exact) mass is 233 g/mol. The number of hydrogen-bond acceptors (Lipinski definition) is 4. The minimum Gasteiger partial charge on any atom is -0.451 e. The number of rotatable bonds is 4. The lowest BCUT2D eigenvalue weighted by molar-refractivity contribution is 0.0925. The molecule has 1 aromatic heterocycles. The van der Waals surface area contributed by atoms with Crippen molar-refractivity contribution in [2.75, 3.05) is 0 Å². The van der Waals surface area contributed by atoms with E-state index in [0.717, 1.165) is 6.42 Å². The van der Waals surface area contributed by atoms with Gasteiger partial charge in [0.25, 0.3) is 5.91 Å². The second-order valence-corrected chi connectivity index (χ2v) is 3.22. The molecule has 0 aliphatic heterocycles. The fraction of sp³-hybridized carbons (Fsp3) is 0.556. The molecule has 0 saturated heterocycles. The second-order valence-electron chi connectivity index (χ2n) is 3.22. The number of carbonyl (C=O) groups excluding carboxylic acids is 1. The minimum absolute atomic E-state index is 0. The normalized spacial score (nSPS) is 13.8. The van der Waals surface area contributed by atoms with Crippen molar-refractivity contribution in [3.63, 3.8) is 0 Å². The quantitative estimate of drug-likeness (QED) is 0.812. The van der Waals surface area contributed by atoms with E-state index in [-0.39, 0.29) is 36.1 Å². The lowest BCUT2D eigenvalue weighted by Crippen LogP contribution is -2.45. The number of hydrogen-bond donors (Lipinski definition) is 2. The molecule has 3 N–H and O–H groups in total. The summed E-state index contributed by atoms with van der Waals surface area (Å²) in [4.78, 5) is 15.2. The highest BCUT2D eigenvalue weighted by molar-refractivity contribution is 5.92. The van der Waals surface area contributed by atoms with Gasteiger partial charge in [-0.25, -0.2) is 4.98 Å². The summed E-state index contributed by atoms with van der Waals surface area (Å²) in [5.74, 6) is -0.247. The lowest BCUT2D eigenvalue weighted by Gasteiger charge is -2.19. The van der Waals surface area contributed by atoms with E-state index in [1.807, 2.05) is 13.8 Å². The molecule has 0 spiro atoms. The van der Waals surface area contributed by atoms with Crippen LogP contribution >= 0.6 is 12.4 Å². The van der Waals surface area contributed by atoms with Gasteiger partial charge >= 0.3 is 0 Å². The fourth-order valence-electron chi connectivity index (χ4n) is 1.17. The van der Waals surface area contributed by atoms with Crippen molar-refractivity contribution in [2.24, 2.45) is 5.73 Å². The summed E-state index contributed by atoms with van der Waals surface area (Å²) >= 11 is 0. The first-order valence-corrected chi connectivity index (χ1v) is 4.59. The summed E-state index contributed by atoms with van der Waals surface area (Å²) in [6.07, 6.45) is 3.33. The van der Waals surface area contributed by atoms with Crippen LogP contribution in [-0.2, 0) is 0 Å². The molecule has 15 heavy (non-hydrogen) atoms. The van der Waals surface area contributed by atoms with Gasteiger partial charge < -0.3 is 15.5 Å². The van der Waals surface area contributed by atoms with Crippen LogP contribution in [0.25, 0.3) is 0 Å². The molecule has 0 saturated carbocycles. The average molecular weight is 234 g/mol. The van der Waals surface area contributed by atoms with E-state index in [4.69, 9.17) is 10.2 Å². The van der Waals surface area contributed by atoms with Gasteiger partial charge in [-0.15, -0.1) is 12.4 Å². The standard InChI is InChI=1S/C9H15N3O2.ClH/c1-3-7(6(2)10)12-9(13)8-4-14-5-11-8;/h4-7H,3,10H2,1-2H3,(H,12,13);1H/t6-,7-;/m1./s1. The molecular formula is C9H16ClN3O2. The first-order chi connectivity index (χ1) is 6.65. The largest absolute Gasteiger partial charge is 0.451 e. The molecule has 1 aromatic rings. The smallest absolute Gasteiger partial charge is 0.273 e. The number of oxazole rings is 1. The molecule has 0 aromatic carbocycles. The van der Waals surface area contributed by atoms with Crippen molar-refractivity contribution in [1.29, 1.82) is 0 Å². The number of carbonyl (C=O) groups is 1. The second kappa shape index (κ2) is 6.42. The topological polar surface area (TPSA) is 81.2 Å². The van der Waals surface area contributed by atoms with Crippen molar-refractivity contribution in [3.05, 3.63) is 18.4 Å². The number of nitrogens with zero attached hydrogens (tertiary/aromatic N) is 1. The molecule has 1 amide bonds. The van der Waals surface area contributed by atoms with Gasteiger partial charge in [0.05, 0.1) is 0 Å². The molecule has 0 aliphatic rings. The van der Waals surface area contributed by atoms with Crippen molar-refractivity contribution in [1.82, 2.24) is 10.3 Å². The Morgan fingerprint density at radius 1 is 1.73 bits per heavy atom. The van der Waals surface area contributed by atoms with Crippen molar-refractivity contribution >= 4 is 18.3 Å². The van der Waals surface area contributed by atoms with Crippen LogP contribution in [0.15, 0.2) is 17.1 Å². The summed E-state index contributed by atoms with van der Waals surface area (Å²) in [5, 5.41) is 2.78. The zero-order chi connectivity index (χ0) is 10.6. The number of nitrogens with one attached hydrogen (secondary N) is 1. The highest BCUT2D eigenvalue weighted by Crippen LogP contribution is 1.99. The Labute approximate surface area is 94.8 Å². The van der Waals surface area contributed by atoms with E-state index in [2.05, 4.69) is 10.3 Å². The number of aromatic nitrogens is 1. The van der Waals surface area contributed by atoms with E-state index in [0.29, 0.717) is 0 Å². The number of amides is 1. The molecule has 1 rings (SSSR count). The van der Waals surface area contributed by atoms with Gasteiger partial charge in [-0.1, -0.05) is 6.92 Å². The van der Waals surface area contributed by atoms with Gasteiger partial charge in [0.2, 0.25) is 0 Å². The number of halogens is 1. The summed E-state index contributed by atoms with van der Waals surface area (Å²) in [5.41, 5.74) is 5.97. The van der Waals surface area contributed by atoms with E-state index >= 15 is 0 Å². The number of nitrogens with two attached hydrogens (primary N) is 1. The molecule has 2 atom stereocenters. The first kappa shape index (κ1) is 13.9. The third-order valence-electron chi connectivity index (χ3n) is 2.06. The van der Waals surface area contributed by atoms with E-state index in [9.17, 15) is 4.79 Å². The molecule has 0 aliphatic carbocycles. The Hall–Kier alpha value is -1.07. The first-order valence-electron chi connectivity index (χ1n) is 4.59. The van der Waals surface area contributed by atoms with Gasteiger partial charge in [-0.2, -0.15) is 0 Å². The Morgan fingerprint density at radius 3 is 2.80 bits per heavy atom.